The van der Waals surface area contributed by atoms with Crippen LogP contribution in [0.2, 0.25) is 0 Å². The summed E-state index contributed by atoms with van der Waals surface area (Å²) in [6.07, 6.45) is 0. The molecule has 3 N–H and O–H groups in total. The molecule has 29 heavy (non-hydrogen) atoms. The van der Waals surface area contributed by atoms with Crippen molar-refractivity contribution < 1.29 is 14.3 Å². The Morgan fingerprint density at radius 1 is 1.14 bits per heavy atom. The molecule has 3 aromatic rings. The largest absolute Gasteiger partial charge is 0.462 e. The van der Waals surface area contributed by atoms with Gasteiger partial charge in [-0.05, 0) is 43.7 Å². The van der Waals surface area contributed by atoms with Crippen LogP contribution in [0.25, 0.3) is 11.1 Å². The first-order valence-corrected chi connectivity index (χ1v) is 10.9. The minimum absolute atomic E-state index is 0.182. The molecular weight excluding hydrogens is 404 g/mol. The number of nitrogens with one attached hydrogen (secondary N) is 1. The molecule has 1 unspecified atom stereocenters. The number of rotatable bonds is 7. The Morgan fingerprint density at radius 2 is 1.83 bits per heavy atom. The molecule has 0 spiro atoms. The topological polar surface area (TPSA) is 81.4 Å². The van der Waals surface area contributed by atoms with Crippen LogP contribution in [0.1, 0.15) is 24.2 Å². The van der Waals surface area contributed by atoms with Crippen molar-refractivity contribution in [1.82, 2.24) is 0 Å². The number of hydrogen-bond acceptors (Lipinski definition) is 6. The minimum atomic E-state index is -0.443. The first-order valence-electron chi connectivity index (χ1n) is 9.16. The van der Waals surface area contributed by atoms with E-state index in [1.54, 1.807) is 19.1 Å². The summed E-state index contributed by atoms with van der Waals surface area (Å²) in [7, 11) is 0. The molecule has 1 heterocycles. The summed E-state index contributed by atoms with van der Waals surface area (Å²) in [5, 5.41) is 4.92. The van der Waals surface area contributed by atoms with E-state index < -0.39 is 5.97 Å². The van der Waals surface area contributed by atoms with Crippen molar-refractivity contribution in [3.63, 3.8) is 0 Å². The highest BCUT2D eigenvalue weighted by Crippen LogP contribution is 2.37. The first kappa shape index (κ1) is 21.0. The Balaban J connectivity index is 1.82. The van der Waals surface area contributed by atoms with Crippen LogP contribution in [-0.4, -0.2) is 23.7 Å². The van der Waals surface area contributed by atoms with Crippen LogP contribution in [0.4, 0.5) is 10.7 Å². The van der Waals surface area contributed by atoms with Gasteiger partial charge in [0.05, 0.1) is 11.9 Å². The van der Waals surface area contributed by atoms with Crippen LogP contribution in [0.5, 0.6) is 0 Å². The molecule has 2 aromatic carbocycles. The van der Waals surface area contributed by atoms with E-state index in [9.17, 15) is 9.59 Å². The number of carbonyl (C=O) groups is 2. The number of ether oxygens (including phenoxy) is 1. The summed E-state index contributed by atoms with van der Waals surface area (Å²) in [6.45, 7) is 3.85. The molecule has 0 fully saturated rings. The molecule has 0 saturated heterocycles. The molecule has 0 aliphatic heterocycles. The van der Waals surface area contributed by atoms with Gasteiger partial charge < -0.3 is 15.8 Å². The van der Waals surface area contributed by atoms with E-state index in [1.165, 1.54) is 23.1 Å². The number of amides is 1. The summed E-state index contributed by atoms with van der Waals surface area (Å²) in [6, 6.07) is 17.0. The van der Waals surface area contributed by atoms with Gasteiger partial charge in [-0.25, -0.2) is 4.79 Å². The fourth-order valence-electron chi connectivity index (χ4n) is 2.70. The maximum atomic E-state index is 12.8. The highest BCUT2D eigenvalue weighted by molar-refractivity contribution is 8.00. The quantitative estimate of drug-likeness (QED) is 0.305. The lowest BCUT2D eigenvalue weighted by Crippen LogP contribution is -2.23. The van der Waals surface area contributed by atoms with Crippen LogP contribution >= 0.6 is 23.1 Å². The number of thioether (sulfide) groups is 1. The molecule has 0 saturated carbocycles. The molecule has 0 aliphatic carbocycles. The number of benzene rings is 2. The SMILES string of the molecule is CCOC(=O)c1c(-c2ccccc2)csc1NC(=O)C(C)Sc1ccc(N)cc1. The van der Waals surface area contributed by atoms with Crippen LogP contribution < -0.4 is 11.1 Å². The molecule has 0 aliphatic rings. The standard InChI is InChI=1S/C22H22N2O3S2/c1-3-27-22(26)19-18(15-7-5-4-6-8-15)13-28-21(19)24-20(25)14(2)29-17-11-9-16(23)10-12-17/h4-14H,3,23H2,1-2H3,(H,24,25). The molecule has 1 atom stereocenters. The molecule has 0 bridgehead atoms. The van der Waals surface area contributed by atoms with Crippen molar-refractivity contribution in [2.24, 2.45) is 0 Å². The second-order valence-corrected chi connectivity index (χ2v) is 8.55. The molecule has 3 rings (SSSR count). The number of anilines is 2. The Bertz CT molecular complexity index is 985. The second-order valence-electron chi connectivity index (χ2n) is 6.26. The number of hydrogen-bond donors (Lipinski definition) is 2. The molecule has 1 amide bonds. The predicted octanol–water partition coefficient (Wildman–Crippen LogP) is 5.29. The van der Waals surface area contributed by atoms with Crippen LogP contribution in [-0.2, 0) is 9.53 Å². The normalized spacial score (nSPS) is 11.7. The zero-order chi connectivity index (χ0) is 20.8. The molecule has 150 valence electrons. The highest BCUT2D eigenvalue weighted by Gasteiger charge is 2.24. The minimum Gasteiger partial charge on any atom is -0.462 e. The summed E-state index contributed by atoms with van der Waals surface area (Å²) in [5.41, 5.74) is 8.43. The van der Waals surface area contributed by atoms with E-state index in [-0.39, 0.29) is 17.8 Å². The van der Waals surface area contributed by atoms with Crippen LogP contribution in [0.15, 0.2) is 64.9 Å². The van der Waals surface area contributed by atoms with Gasteiger partial charge in [-0.15, -0.1) is 23.1 Å². The maximum Gasteiger partial charge on any atom is 0.341 e. The Labute approximate surface area is 178 Å². The number of thiophene rings is 1. The Morgan fingerprint density at radius 3 is 2.48 bits per heavy atom. The molecule has 1 aromatic heterocycles. The van der Waals surface area contributed by atoms with Gasteiger partial charge in [0, 0.05) is 21.5 Å². The number of nitrogens with two attached hydrogens (primary N) is 1. The van der Waals surface area contributed by atoms with Gasteiger partial charge in [-0.1, -0.05) is 30.3 Å². The van der Waals surface area contributed by atoms with Crippen molar-refractivity contribution in [2.75, 3.05) is 17.7 Å². The van der Waals surface area contributed by atoms with Crippen LogP contribution in [0.3, 0.4) is 0 Å². The summed E-state index contributed by atoms with van der Waals surface area (Å²) in [4.78, 5) is 26.3. The third kappa shape index (κ3) is 5.19. The average molecular weight is 427 g/mol. The van der Waals surface area contributed by atoms with E-state index in [0.717, 1.165) is 16.0 Å². The second kappa shape index (κ2) is 9.62. The van der Waals surface area contributed by atoms with E-state index >= 15 is 0 Å². The van der Waals surface area contributed by atoms with E-state index in [2.05, 4.69) is 5.32 Å². The molecule has 7 heteroatoms. The van der Waals surface area contributed by atoms with E-state index in [1.807, 2.05) is 54.8 Å². The van der Waals surface area contributed by atoms with E-state index in [0.29, 0.717) is 16.3 Å². The highest BCUT2D eigenvalue weighted by atomic mass is 32.2. The number of esters is 1. The predicted molar refractivity (Wildman–Crippen MR) is 121 cm³/mol. The monoisotopic (exact) mass is 426 g/mol. The molecular formula is C22H22N2O3S2. The average Bonchev–Trinajstić information content (AvgIpc) is 3.14. The maximum absolute atomic E-state index is 12.8. The van der Waals surface area contributed by atoms with Gasteiger partial charge in [0.15, 0.2) is 0 Å². The number of nitrogen functional groups attached to an aromatic ring is 1. The third-order valence-corrected chi connectivity index (χ3v) is 6.16. The molecule has 5 nitrogen and oxygen atoms in total. The summed E-state index contributed by atoms with van der Waals surface area (Å²) >= 11 is 2.75. The fourth-order valence-corrected chi connectivity index (χ4v) is 4.53. The number of carbonyl (C=O) groups excluding carboxylic acids is 2. The van der Waals surface area contributed by atoms with Crippen LogP contribution in [0, 0.1) is 0 Å². The zero-order valence-electron chi connectivity index (χ0n) is 16.2. The smallest absolute Gasteiger partial charge is 0.341 e. The van der Waals surface area contributed by atoms with Gasteiger partial charge in [-0.2, -0.15) is 0 Å². The lowest BCUT2D eigenvalue weighted by Gasteiger charge is -2.13. The van der Waals surface area contributed by atoms with Crippen molar-refractivity contribution >= 4 is 45.7 Å². The van der Waals surface area contributed by atoms with Gasteiger partial charge in [0.2, 0.25) is 5.91 Å². The Kier molecular flexibility index (Phi) is 6.95. The van der Waals surface area contributed by atoms with Crippen molar-refractivity contribution in [1.29, 1.82) is 0 Å². The van der Waals surface area contributed by atoms with Gasteiger partial charge in [0.25, 0.3) is 0 Å². The van der Waals surface area contributed by atoms with Crippen molar-refractivity contribution in [3.8, 4) is 11.1 Å². The van der Waals surface area contributed by atoms with Crippen molar-refractivity contribution in [3.05, 3.63) is 65.5 Å². The lowest BCUT2D eigenvalue weighted by molar-refractivity contribution is -0.115. The zero-order valence-corrected chi connectivity index (χ0v) is 17.8. The summed E-state index contributed by atoms with van der Waals surface area (Å²) < 4.78 is 5.24. The fraction of sp³-hybridized carbons (Fsp3) is 0.182. The lowest BCUT2D eigenvalue weighted by atomic mass is 10.0. The van der Waals surface area contributed by atoms with Crippen molar-refractivity contribution in [2.45, 2.75) is 24.0 Å². The Hall–Kier alpha value is -2.77. The van der Waals surface area contributed by atoms with E-state index in [4.69, 9.17) is 10.5 Å². The van der Waals surface area contributed by atoms with Gasteiger partial charge in [0.1, 0.15) is 10.6 Å². The summed E-state index contributed by atoms with van der Waals surface area (Å²) in [5.74, 6) is -0.624. The molecule has 0 radical (unpaired) electrons. The third-order valence-electron chi connectivity index (χ3n) is 4.15. The van der Waals surface area contributed by atoms with Gasteiger partial charge in [-0.3, -0.25) is 4.79 Å². The van der Waals surface area contributed by atoms with Gasteiger partial charge >= 0.3 is 5.97 Å². The first-order chi connectivity index (χ1) is 14.0.